The highest BCUT2D eigenvalue weighted by atomic mass is 32.2. The number of hydrogen-bond donors (Lipinski definition) is 1. The predicted molar refractivity (Wildman–Crippen MR) is 166 cm³/mol. The van der Waals surface area contributed by atoms with E-state index in [1.54, 1.807) is 0 Å². The second-order valence-electron chi connectivity index (χ2n) is 11.1. The Kier molecular flexibility index (Phi) is 36.6. The number of nitrogens with one attached hydrogen (secondary N) is 1. The highest BCUT2D eigenvalue weighted by Gasteiger charge is 2.10. The van der Waals surface area contributed by atoms with Gasteiger partial charge in [-0.25, -0.2) is 0 Å². The molecule has 0 aromatic carbocycles. The lowest BCUT2D eigenvalue weighted by molar-refractivity contribution is 0.305. The highest BCUT2D eigenvalue weighted by Crippen LogP contribution is 2.15. The van der Waals surface area contributed by atoms with Gasteiger partial charge in [-0.3, -0.25) is 8.57 Å². The van der Waals surface area contributed by atoms with E-state index in [4.69, 9.17) is 4.18 Å². The smallest absolute Gasteiger partial charge is 0.267 e. The third-order valence-electron chi connectivity index (χ3n) is 7.04. The first-order valence-corrected chi connectivity index (χ1v) is 18.1. The maximum Gasteiger partial charge on any atom is 0.267 e. The topological polar surface area (TPSA) is 55.4 Å². The number of alkyl halides is 1. The van der Waals surface area contributed by atoms with Crippen molar-refractivity contribution in [3.05, 3.63) is 0 Å². The van der Waals surface area contributed by atoms with Gasteiger partial charge in [0.1, 0.15) is 0 Å². The van der Waals surface area contributed by atoms with Crippen molar-refractivity contribution in [3.63, 3.8) is 0 Å². The molecule has 0 aromatic rings. The van der Waals surface area contributed by atoms with E-state index in [1.165, 1.54) is 103 Å². The van der Waals surface area contributed by atoms with E-state index in [2.05, 4.69) is 12.2 Å². The van der Waals surface area contributed by atoms with Gasteiger partial charge in [-0.15, -0.1) is 0 Å². The molecule has 0 bridgehead atoms. The number of hydrogen-bond acceptors (Lipinski definition) is 4. The Hall–Kier alpha value is -0.200. The van der Waals surface area contributed by atoms with E-state index in [0.717, 1.165) is 51.4 Å². The van der Waals surface area contributed by atoms with Crippen molar-refractivity contribution < 1.29 is 17.0 Å². The highest BCUT2D eigenvalue weighted by molar-refractivity contribution is 7.86. The summed E-state index contributed by atoms with van der Waals surface area (Å²) in [5.41, 5.74) is 0. The molecule has 0 saturated carbocycles. The van der Waals surface area contributed by atoms with Crippen molar-refractivity contribution in [2.24, 2.45) is 0 Å². The molecular weight excluding hydrogens is 497 g/mol. The quantitative estimate of drug-likeness (QED) is 0.0695. The van der Waals surface area contributed by atoms with Gasteiger partial charge in [0.15, 0.2) is 0 Å². The molecule has 0 aromatic heterocycles. The van der Waals surface area contributed by atoms with Crippen molar-refractivity contribution in [2.45, 2.75) is 174 Å². The van der Waals surface area contributed by atoms with Crippen LogP contribution in [0.2, 0.25) is 0 Å². The van der Waals surface area contributed by atoms with Gasteiger partial charge in [0.2, 0.25) is 0 Å². The zero-order valence-electron chi connectivity index (χ0n) is 26.0. The normalized spacial score (nSPS) is 11.5. The molecule has 0 unspecified atom stereocenters. The Morgan fingerprint density at radius 2 is 0.789 bits per heavy atom. The van der Waals surface area contributed by atoms with Gasteiger partial charge in [0, 0.05) is 0 Å². The van der Waals surface area contributed by atoms with Crippen LogP contribution in [0.25, 0.3) is 0 Å². The lowest BCUT2D eigenvalue weighted by atomic mass is 10.0. The van der Waals surface area contributed by atoms with Gasteiger partial charge < -0.3 is 5.32 Å². The van der Waals surface area contributed by atoms with Crippen LogP contribution in [0.4, 0.5) is 4.39 Å². The van der Waals surface area contributed by atoms with Crippen LogP contribution in [0.1, 0.15) is 174 Å². The van der Waals surface area contributed by atoms with Gasteiger partial charge in [0.05, 0.1) is 19.0 Å². The second kappa shape index (κ2) is 34.8. The Labute approximate surface area is 239 Å². The molecule has 6 heteroatoms. The largest absolute Gasteiger partial charge is 0.323 e. The summed E-state index contributed by atoms with van der Waals surface area (Å²) in [6.45, 7) is 2.41. The van der Waals surface area contributed by atoms with Gasteiger partial charge >= 0.3 is 0 Å². The molecule has 1 N–H and O–H groups in total. The van der Waals surface area contributed by atoms with Crippen LogP contribution in [-0.2, 0) is 14.3 Å². The van der Waals surface area contributed by atoms with E-state index in [1.807, 2.05) is 14.1 Å². The van der Waals surface area contributed by atoms with Crippen LogP contribution in [0, 0.1) is 0 Å². The molecule has 0 rings (SSSR count). The van der Waals surface area contributed by atoms with E-state index >= 15 is 0 Å². The minimum Gasteiger partial charge on any atom is -0.323 e. The Bertz CT molecular complexity index is 517. The monoisotopic (exact) mass is 565 g/mol. The molecule has 0 aliphatic rings. The Morgan fingerprint density at radius 3 is 1.13 bits per heavy atom. The number of unbranched alkanes of at least 4 members (excludes halogenated alkanes) is 24. The number of rotatable bonds is 30. The van der Waals surface area contributed by atoms with Crippen LogP contribution >= 0.6 is 0 Å². The Morgan fingerprint density at radius 1 is 0.500 bits per heavy atom. The zero-order valence-corrected chi connectivity index (χ0v) is 26.8. The summed E-state index contributed by atoms with van der Waals surface area (Å²) in [7, 11) is 0.399. The fraction of sp³-hybridized carbons (Fsp3) is 1.00. The summed E-state index contributed by atoms with van der Waals surface area (Å²) in [6.07, 6.45) is 31.6. The van der Waals surface area contributed by atoms with E-state index in [9.17, 15) is 12.8 Å². The predicted octanol–water partition coefficient (Wildman–Crippen LogP) is 10.3. The molecule has 0 saturated heterocycles. The molecule has 38 heavy (non-hydrogen) atoms. The summed E-state index contributed by atoms with van der Waals surface area (Å²) in [5.74, 6) is 0.147. The molecule has 0 aliphatic heterocycles. The van der Waals surface area contributed by atoms with Crippen molar-refractivity contribution in [1.29, 1.82) is 0 Å². The molecule has 0 aliphatic carbocycles. The third-order valence-corrected chi connectivity index (χ3v) is 8.35. The first-order chi connectivity index (χ1) is 18.5. The molecule has 4 nitrogen and oxygen atoms in total. The lowest BCUT2D eigenvalue weighted by Gasteiger charge is -2.06. The summed E-state index contributed by atoms with van der Waals surface area (Å²) >= 11 is 0. The molecular formula is C32H68FNO3S. The van der Waals surface area contributed by atoms with Gasteiger partial charge in [-0.1, -0.05) is 155 Å². The van der Waals surface area contributed by atoms with Crippen LogP contribution in [0.3, 0.4) is 0 Å². The molecule has 0 heterocycles. The molecule has 0 atom stereocenters. The van der Waals surface area contributed by atoms with E-state index in [-0.39, 0.29) is 12.4 Å². The average Bonchev–Trinajstić information content (AvgIpc) is 2.89. The van der Waals surface area contributed by atoms with Gasteiger partial charge in [-0.05, 0) is 33.4 Å². The first kappa shape index (κ1) is 39.9. The SMILES string of the molecule is CCCCCCCCCCCCCCCCCCCCOS(=O)(=O)CCCCCCCCCCF.CNC. The van der Waals surface area contributed by atoms with Crippen LogP contribution in [-0.4, -0.2) is 41.5 Å². The van der Waals surface area contributed by atoms with E-state index < -0.39 is 10.1 Å². The fourth-order valence-electron chi connectivity index (χ4n) is 4.68. The molecule has 0 amide bonds. The third kappa shape index (κ3) is 37.9. The standard InChI is InChI=1S/C30H61FO3S.C2H7N/c1-2-3-4-5-6-7-8-9-10-11-12-13-14-15-17-20-23-26-29-34-35(32,33)30-27-24-21-18-16-19-22-25-28-31;1-3-2/h2-30H2,1H3;3H,1-2H3. The summed E-state index contributed by atoms with van der Waals surface area (Å²) in [6, 6.07) is 0. The van der Waals surface area contributed by atoms with Crippen LogP contribution < -0.4 is 5.32 Å². The van der Waals surface area contributed by atoms with Crippen molar-refractivity contribution in [1.82, 2.24) is 5.32 Å². The van der Waals surface area contributed by atoms with Gasteiger partial charge in [0.25, 0.3) is 10.1 Å². The summed E-state index contributed by atoms with van der Waals surface area (Å²) < 4.78 is 41.1. The first-order valence-electron chi connectivity index (χ1n) is 16.6. The van der Waals surface area contributed by atoms with Crippen LogP contribution in [0.5, 0.6) is 0 Å². The second-order valence-corrected chi connectivity index (χ2v) is 12.9. The van der Waals surface area contributed by atoms with Crippen molar-refractivity contribution >= 4 is 10.1 Å². The Balaban J connectivity index is 0. The summed E-state index contributed by atoms with van der Waals surface area (Å²) in [4.78, 5) is 0. The molecule has 232 valence electrons. The minimum atomic E-state index is -3.35. The fourth-order valence-corrected chi connectivity index (χ4v) is 5.73. The maximum atomic E-state index is 12.0. The van der Waals surface area contributed by atoms with Crippen LogP contribution in [0.15, 0.2) is 0 Å². The maximum absolute atomic E-state index is 12.0. The van der Waals surface area contributed by atoms with Crippen molar-refractivity contribution in [2.75, 3.05) is 33.1 Å². The van der Waals surface area contributed by atoms with Gasteiger partial charge in [-0.2, -0.15) is 8.42 Å². The average molecular weight is 566 g/mol. The lowest BCUT2D eigenvalue weighted by Crippen LogP contribution is -2.11. The zero-order chi connectivity index (χ0) is 28.4. The van der Waals surface area contributed by atoms with E-state index in [0.29, 0.717) is 19.4 Å². The van der Waals surface area contributed by atoms with Crippen molar-refractivity contribution in [3.8, 4) is 0 Å². The molecule has 0 spiro atoms. The minimum absolute atomic E-state index is 0.147. The molecule has 0 fully saturated rings. The molecule has 0 radical (unpaired) electrons. The number of halogens is 1. The summed E-state index contributed by atoms with van der Waals surface area (Å²) in [5, 5.41) is 2.75.